The third-order valence-electron chi connectivity index (χ3n) is 8.26. The van der Waals surface area contributed by atoms with Gasteiger partial charge in [0.2, 0.25) is 0 Å². The van der Waals surface area contributed by atoms with Crippen LogP contribution in [0.5, 0.6) is 5.75 Å². The number of quaternary nitrogens is 1. The quantitative estimate of drug-likeness (QED) is 0.513. The summed E-state index contributed by atoms with van der Waals surface area (Å²) >= 11 is 0. The van der Waals surface area contributed by atoms with E-state index >= 15 is 0 Å². The molecule has 1 unspecified atom stereocenters. The number of ketones is 1. The molecule has 29 heavy (non-hydrogen) atoms. The Morgan fingerprint density at radius 3 is 2.69 bits per heavy atom. The third-order valence-corrected chi connectivity index (χ3v) is 8.26. The van der Waals surface area contributed by atoms with Gasteiger partial charge in [0.25, 0.3) is 5.91 Å². The maximum Gasteiger partial charge on any atom is 0.252 e. The molecule has 1 aromatic carbocycles. The predicted octanol–water partition coefficient (Wildman–Crippen LogP) is -1.60. The minimum absolute atomic E-state index is 0. The van der Waals surface area contributed by atoms with Gasteiger partial charge in [-0.25, -0.2) is 0 Å². The maximum absolute atomic E-state index is 12.6. The Morgan fingerprint density at radius 1 is 1.31 bits per heavy atom. The average molecular weight is 421 g/mol. The number of hydrogen-bond donors (Lipinski definition) is 3. The molecule has 1 aromatic rings. The molecule has 0 radical (unpaired) electrons. The molecule has 158 valence electrons. The van der Waals surface area contributed by atoms with Crippen LogP contribution in [0.2, 0.25) is 0 Å². The molecular weight excluding hydrogens is 392 g/mol. The number of likely N-dealkylation sites (tertiary alicyclic amines) is 1. The number of benzene rings is 1. The Bertz CT molecular complexity index is 901. The van der Waals surface area contributed by atoms with Crippen LogP contribution in [0.4, 0.5) is 0 Å². The molecule has 6 nitrogen and oxygen atoms in total. The summed E-state index contributed by atoms with van der Waals surface area (Å²) in [6.07, 6.45) is 4.85. The van der Waals surface area contributed by atoms with Crippen LogP contribution in [0.3, 0.4) is 0 Å². The topological polar surface area (TPSA) is 101 Å². The van der Waals surface area contributed by atoms with E-state index in [-0.39, 0.29) is 42.0 Å². The van der Waals surface area contributed by atoms with Gasteiger partial charge in [0, 0.05) is 42.6 Å². The summed E-state index contributed by atoms with van der Waals surface area (Å²) in [4.78, 5) is 24.4. The molecular formula is C22H29ClN2O4. The second-order valence-corrected chi connectivity index (χ2v) is 9.88. The molecule has 7 heteroatoms. The molecule has 1 saturated heterocycles. The van der Waals surface area contributed by atoms with E-state index in [1.165, 1.54) is 12.8 Å². The number of Topliss-reactive ketones (excluding diaryl/α,β-unsaturated/α-hetero) is 1. The monoisotopic (exact) mass is 420 g/mol. The minimum atomic E-state index is -1.05. The van der Waals surface area contributed by atoms with Gasteiger partial charge in [-0.1, -0.05) is 6.07 Å². The van der Waals surface area contributed by atoms with E-state index in [0.29, 0.717) is 31.2 Å². The van der Waals surface area contributed by atoms with Gasteiger partial charge in [-0.15, -0.1) is 0 Å². The van der Waals surface area contributed by atoms with Gasteiger partial charge in [0.15, 0.2) is 0 Å². The summed E-state index contributed by atoms with van der Waals surface area (Å²) in [5.74, 6) is 0.0429. The number of rotatable bonds is 3. The number of primary amides is 1. The smallest absolute Gasteiger partial charge is 0.252 e. The van der Waals surface area contributed by atoms with Crippen LogP contribution >= 0.6 is 0 Å². The van der Waals surface area contributed by atoms with Crippen LogP contribution < -0.4 is 18.1 Å². The number of carbonyl (C=O) groups is 2. The number of carbonyl (C=O) groups excluding carboxylic acids is 2. The van der Waals surface area contributed by atoms with Crippen LogP contribution in [-0.2, 0) is 16.6 Å². The Kier molecular flexibility index (Phi) is 4.58. The number of likely N-dealkylation sites (N-methyl/N-ethyl adjacent to an activating group) is 1. The molecule has 0 aromatic heterocycles. The average Bonchev–Trinajstić information content (AvgIpc) is 3.43. The van der Waals surface area contributed by atoms with Crippen molar-refractivity contribution in [3.63, 3.8) is 0 Å². The van der Waals surface area contributed by atoms with Crippen molar-refractivity contribution in [2.24, 2.45) is 11.7 Å². The lowest BCUT2D eigenvalue weighted by Gasteiger charge is -2.65. The van der Waals surface area contributed by atoms with Crippen LogP contribution in [0.1, 0.15) is 60.0 Å². The van der Waals surface area contributed by atoms with Gasteiger partial charge in [0.05, 0.1) is 25.7 Å². The zero-order valence-electron chi connectivity index (χ0n) is 16.8. The fourth-order valence-corrected chi connectivity index (χ4v) is 6.73. The Hall–Kier alpha value is -1.63. The van der Waals surface area contributed by atoms with E-state index in [1.807, 2.05) is 6.07 Å². The molecule has 4 aliphatic rings. The second-order valence-electron chi connectivity index (χ2n) is 9.88. The molecule has 1 heterocycles. The lowest BCUT2D eigenvalue weighted by molar-refractivity contribution is -0.950. The van der Waals surface area contributed by atoms with Gasteiger partial charge in [-0.2, -0.15) is 0 Å². The number of piperidine rings is 1. The Morgan fingerprint density at radius 2 is 2.03 bits per heavy atom. The molecule has 0 spiro atoms. The summed E-state index contributed by atoms with van der Waals surface area (Å²) in [5.41, 5.74) is 5.23. The molecule has 1 aliphatic heterocycles. The summed E-state index contributed by atoms with van der Waals surface area (Å²) in [5, 5.41) is 23.2. The molecule has 2 saturated carbocycles. The molecule has 1 amide bonds. The number of halogens is 1. The lowest BCUT2D eigenvalue weighted by atomic mass is 9.48. The standard InChI is InChI=1S/C22H28N2O4.ClH/c1-24(12-13-2-3-13)9-8-21-11-15(25)6-7-22(21,28)17(24)10-14-4-5-16(20(23)27)19(26)18(14)21;/h4-5,13,17,28H,2-3,6-12H2,1H3,(H2-,23,26,27);1H/t17-,21-,22?,24-;/m1./s1. The Balaban J connectivity index is 0.00000205. The molecule has 3 fully saturated rings. The zero-order valence-corrected chi connectivity index (χ0v) is 17.5. The van der Waals surface area contributed by atoms with Gasteiger partial charge in [0.1, 0.15) is 23.2 Å². The summed E-state index contributed by atoms with van der Waals surface area (Å²) < 4.78 is 0.828. The highest BCUT2D eigenvalue weighted by atomic mass is 35.5. The predicted molar refractivity (Wildman–Crippen MR) is 103 cm³/mol. The number of aromatic hydroxyl groups is 1. The first kappa shape index (κ1) is 20.6. The van der Waals surface area contributed by atoms with Crippen molar-refractivity contribution < 1.29 is 36.7 Å². The minimum Gasteiger partial charge on any atom is -1.00 e. The van der Waals surface area contributed by atoms with Gasteiger partial charge < -0.3 is 32.8 Å². The molecule has 4 atom stereocenters. The van der Waals surface area contributed by atoms with E-state index in [0.717, 1.165) is 29.1 Å². The van der Waals surface area contributed by atoms with Crippen molar-refractivity contribution in [3.8, 4) is 5.75 Å². The normalized spacial score (nSPS) is 37.9. The SMILES string of the molecule is C[N@+]1(CC2CC2)CC[C@]23CC(=O)CCC2(O)[C@H]1Cc1ccc(C(N)=O)c(O)c13.[Cl-]. The van der Waals surface area contributed by atoms with Crippen molar-refractivity contribution in [1.29, 1.82) is 0 Å². The van der Waals surface area contributed by atoms with E-state index in [9.17, 15) is 19.8 Å². The van der Waals surface area contributed by atoms with Gasteiger partial charge >= 0.3 is 0 Å². The van der Waals surface area contributed by atoms with Crippen LogP contribution in [0, 0.1) is 5.92 Å². The number of amides is 1. The molecule has 4 N–H and O–H groups in total. The first-order valence-electron chi connectivity index (χ1n) is 10.4. The van der Waals surface area contributed by atoms with Crippen molar-refractivity contribution in [2.75, 3.05) is 20.1 Å². The van der Waals surface area contributed by atoms with Crippen molar-refractivity contribution in [2.45, 2.75) is 62.0 Å². The summed E-state index contributed by atoms with van der Waals surface area (Å²) in [6.45, 7) is 1.94. The number of aliphatic hydroxyl groups is 1. The second kappa shape index (κ2) is 6.43. The van der Waals surface area contributed by atoms with Gasteiger partial charge in [-0.05, 0) is 30.9 Å². The Labute approximate surface area is 177 Å². The number of phenols is 1. The molecule has 5 rings (SSSR count). The highest BCUT2D eigenvalue weighted by molar-refractivity contribution is 5.96. The number of fused-ring (bicyclic) bond motifs is 1. The lowest BCUT2D eigenvalue weighted by Crippen LogP contribution is -3.00. The van der Waals surface area contributed by atoms with E-state index < -0.39 is 16.9 Å². The maximum atomic E-state index is 12.6. The summed E-state index contributed by atoms with van der Waals surface area (Å²) in [6, 6.07) is 3.46. The van der Waals surface area contributed by atoms with Crippen molar-refractivity contribution in [3.05, 3.63) is 28.8 Å². The van der Waals surface area contributed by atoms with Crippen LogP contribution in [0.15, 0.2) is 12.1 Å². The third kappa shape index (κ3) is 2.69. The molecule has 3 aliphatic carbocycles. The first-order chi connectivity index (χ1) is 13.2. The van der Waals surface area contributed by atoms with E-state index in [4.69, 9.17) is 5.73 Å². The first-order valence-corrected chi connectivity index (χ1v) is 10.4. The van der Waals surface area contributed by atoms with E-state index in [1.54, 1.807) is 6.07 Å². The fraction of sp³-hybridized carbons (Fsp3) is 0.636. The van der Waals surface area contributed by atoms with Crippen molar-refractivity contribution in [1.82, 2.24) is 0 Å². The number of nitrogens with two attached hydrogens (primary N) is 1. The largest absolute Gasteiger partial charge is 1.00 e. The van der Waals surface area contributed by atoms with E-state index in [2.05, 4.69) is 7.05 Å². The van der Waals surface area contributed by atoms with Crippen LogP contribution in [0.25, 0.3) is 0 Å². The number of nitrogens with zero attached hydrogens (tertiary/aromatic N) is 1. The fourth-order valence-electron chi connectivity index (χ4n) is 6.73. The number of hydrogen-bond acceptors (Lipinski definition) is 4. The summed E-state index contributed by atoms with van der Waals surface area (Å²) in [7, 11) is 2.25. The zero-order chi connectivity index (χ0) is 19.9. The highest BCUT2D eigenvalue weighted by Crippen LogP contribution is 2.61. The van der Waals surface area contributed by atoms with Gasteiger partial charge in [-0.3, -0.25) is 9.59 Å². The van der Waals surface area contributed by atoms with Crippen molar-refractivity contribution >= 4 is 11.7 Å². The van der Waals surface area contributed by atoms with Crippen LogP contribution in [-0.4, -0.2) is 58.2 Å². The highest BCUT2D eigenvalue weighted by Gasteiger charge is 2.70. The molecule has 2 bridgehead atoms.